The van der Waals surface area contributed by atoms with Crippen LogP contribution in [0.15, 0.2) is 74.7 Å². The van der Waals surface area contributed by atoms with Crippen LogP contribution in [0, 0.1) is 0 Å². The summed E-state index contributed by atoms with van der Waals surface area (Å²) in [5, 5.41) is 0. The maximum atomic E-state index is 13.2. The maximum Gasteiger partial charge on any atom is 0.278 e. The Morgan fingerprint density at radius 1 is 0.826 bits per heavy atom. The summed E-state index contributed by atoms with van der Waals surface area (Å²) < 4.78 is 28.5. The Hall–Kier alpha value is -1.47. The maximum absolute atomic E-state index is 13.2. The van der Waals surface area contributed by atoms with Gasteiger partial charge in [-0.15, -0.1) is 11.3 Å². The van der Waals surface area contributed by atoms with Crippen LogP contribution in [0.1, 0.15) is 0 Å². The minimum absolute atomic E-state index is 0.235. The number of para-hydroxylation sites is 2. The molecule has 0 fully saturated rings. The normalized spacial score (nSPS) is 13.5. The lowest BCUT2D eigenvalue weighted by atomic mass is 10.2. The number of fused-ring (bicyclic) bond motifs is 2. The number of hydrogen-bond acceptors (Lipinski definition) is 4. The molecule has 0 spiro atoms. The van der Waals surface area contributed by atoms with Gasteiger partial charge in [0, 0.05) is 9.79 Å². The molecule has 0 saturated carbocycles. The molecule has 1 aliphatic heterocycles. The highest BCUT2D eigenvalue weighted by Gasteiger charge is 2.34. The predicted molar refractivity (Wildman–Crippen MR) is 95.7 cm³/mol. The molecule has 1 aliphatic rings. The summed E-state index contributed by atoms with van der Waals surface area (Å²) in [4.78, 5) is 1.83. The zero-order valence-electron chi connectivity index (χ0n) is 11.6. The standard InChI is InChI=1S/C16H10ClNO2S3/c17-15-9-10-16(22-15)23(19,20)18-11-5-1-3-7-13(11)21-14-8-4-2-6-12(14)18/h1-10H. The van der Waals surface area contributed by atoms with Gasteiger partial charge in [-0.3, -0.25) is 0 Å². The van der Waals surface area contributed by atoms with Crippen LogP contribution >= 0.6 is 34.7 Å². The number of thiophene rings is 1. The third-order valence-electron chi connectivity index (χ3n) is 3.43. The third kappa shape index (κ3) is 2.46. The van der Waals surface area contributed by atoms with Crippen molar-refractivity contribution >= 4 is 56.1 Å². The van der Waals surface area contributed by atoms with E-state index in [-0.39, 0.29) is 4.21 Å². The molecular formula is C16H10ClNO2S3. The van der Waals surface area contributed by atoms with E-state index in [1.807, 2.05) is 48.5 Å². The van der Waals surface area contributed by atoms with E-state index in [0.717, 1.165) is 21.1 Å². The van der Waals surface area contributed by atoms with Crippen LogP contribution in [-0.2, 0) is 10.0 Å². The Bertz CT molecular complexity index is 952. The van der Waals surface area contributed by atoms with E-state index in [2.05, 4.69) is 0 Å². The SMILES string of the molecule is O=S(=O)(c1ccc(Cl)s1)N1c2ccccc2Sc2ccccc21. The second-order valence-corrected chi connectivity index (χ2v) is 9.68. The monoisotopic (exact) mass is 379 g/mol. The predicted octanol–water partition coefficient (Wildman–Crippen LogP) is 5.39. The fourth-order valence-corrected chi connectivity index (χ4v) is 6.71. The van der Waals surface area contributed by atoms with Crippen molar-refractivity contribution in [1.82, 2.24) is 0 Å². The van der Waals surface area contributed by atoms with Gasteiger partial charge < -0.3 is 0 Å². The van der Waals surface area contributed by atoms with Gasteiger partial charge in [-0.1, -0.05) is 47.6 Å². The Morgan fingerprint density at radius 3 is 1.91 bits per heavy atom. The molecule has 3 aromatic rings. The average molecular weight is 380 g/mol. The highest BCUT2D eigenvalue weighted by molar-refractivity contribution is 8.00. The minimum Gasteiger partial charge on any atom is -0.232 e. The molecule has 0 atom stereocenters. The van der Waals surface area contributed by atoms with Gasteiger partial charge in [0.1, 0.15) is 4.21 Å². The molecule has 4 rings (SSSR count). The number of hydrogen-bond donors (Lipinski definition) is 0. The number of rotatable bonds is 2. The van der Waals surface area contributed by atoms with Gasteiger partial charge >= 0.3 is 0 Å². The summed E-state index contributed by atoms with van der Waals surface area (Å²) in [6.45, 7) is 0. The van der Waals surface area contributed by atoms with Crippen molar-refractivity contribution in [2.45, 2.75) is 14.0 Å². The van der Waals surface area contributed by atoms with Crippen LogP contribution in [-0.4, -0.2) is 8.42 Å². The summed E-state index contributed by atoms with van der Waals surface area (Å²) in [7, 11) is -3.71. The van der Waals surface area contributed by atoms with E-state index >= 15 is 0 Å². The topological polar surface area (TPSA) is 37.4 Å². The lowest BCUT2D eigenvalue weighted by Crippen LogP contribution is -2.28. The van der Waals surface area contributed by atoms with Crippen LogP contribution in [0.25, 0.3) is 0 Å². The molecule has 1 aromatic heterocycles. The van der Waals surface area contributed by atoms with Crippen molar-refractivity contribution < 1.29 is 8.42 Å². The molecule has 23 heavy (non-hydrogen) atoms. The molecule has 116 valence electrons. The van der Waals surface area contributed by atoms with Crippen LogP contribution in [0.2, 0.25) is 4.34 Å². The summed E-state index contributed by atoms with van der Waals surface area (Å²) in [6.07, 6.45) is 0. The molecule has 2 aromatic carbocycles. The van der Waals surface area contributed by atoms with Crippen LogP contribution in [0.4, 0.5) is 11.4 Å². The minimum atomic E-state index is -3.71. The first-order valence-corrected chi connectivity index (χ1v) is 10.2. The quantitative estimate of drug-likeness (QED) is 0.598. The van der Waals surface area contributed by atoms with Crippen LogP contribution < -0.4 is 4.31 Å². The molecule has 0 unspecified atom stereocenters. The highest BCUT2D eigenvalue weighted by atomic mass is 35.5. The second kappa shape index (κ2) is 5.56. The van der Waals surface area contributed by atoms with Gasteiger partial charge in [0.2, 0.25) is 0 Å². The van der Waals surface area contributed by atoms with E-state index in [4.69, 9.17) is 11.6 Å². The van der Waals surface area contributed by atoms with E-state index in [9.17, 15) is 8.42 Å². The van der Waals surface area contributed by atoms with E-state index in [1.54, 1.807) is 23.9 Å². The summed E-state index contributed by atoms with van der Waals surface area (Å²) in [6, 6.07) is 18.2. The van der Waals surface area contributed by atoms with Gasteiger partial charge in [0.15, 0.2) is 0 Å². The first-order valence-electron chi connectivity index (χ1n) is 6.74. The van der Waals surface area contributed by atoms with Crippen molar-refractivity contribution in [2.24, 2.45) is 0 Å². The largest absolute Gasteiger partial charge is 0.278 e. The van der Waals surface area contributed by atoms with Crippen molar-refractivity contribution in [1.29, 1.82) is 0 Å². The third-order valence-corrected chi connectivity index (χ3v) is 7.99. The van der Waals surface area contributed by atoms with Crippen molar-refractivity contribution in [3.05, 3.63) is 65.0 Å². The lowest BCUT2D eigenvalue weighted by molar-refractivity contribution is 0.597. The molecule has 3 nitrogen and oxygen atoms in total. The van der Waals surface area contributed by atoms with Gasteiger partial charge in [0.05, 0.1) is 15.7 Å². The molecule has 0 saturated heterocycles. The van der Waals surface area contributed by atoms with Crippen LogP contribution in [0.3, 0.4) is 0 Å². The number of sulfonamides is 1. The number of nitrogens with zero attached hydrogens (tertiary/aromatic N) is 1. The van der Waals surface area contributed by atoms with Crippen molar-refractivity contribution in [3.8, 4) is 0 Å². The average Bonchev–Trinajstić information content (AvgIpc) is 2.99. The summed E-state index contributed by atoms with van der Waals surface area (Å²) >= 11 is 8.58. The van der Waals surface area contributed by atoms with Crippen molar-refractivity contribution in [3.63, 3.8) is 0 Å². The zero-order chi connectivity index (χ0) is 16.0. The van der Waals surface area contributed by atoms with E-state index in [0.29, 0.717) is 15.7 Å². The molecular weight excluding hydrogens is 370 g/mol. The van der Waals surface area contributed by atoms with E-state index in [1.165, 1.54) is 4.31 Å². The lowest BCUT2D eigenvalue weighted by Gasteiger charge is -2.31. The molecule has 2 heterocycles. The fraction of sp³-hybridized carbons (Fsp3) is 0. The van der Waals surface area contributed by atoms with Crippen LogP contribution in [0.5, 0.6) is 0 Å². The molecule has 0 amide bonds. The number of benzene rings is 2. The summed E-state index contributed by atoms with van der Waals surface area (Å²) in [5.74, 6) is 0. The first kappa shape index (κ1) is 15.1. The fourth-order valence-electron chi connectivity index (χ4n) is 2.46. The highest BCUT2D eigenvalue weighted by Crippen LogP contribution is 2.50. The molecule has 0 bridgehead atoms. The van der Waals surface area contributed by atoms with Gasteiger partial charge in [0.25, 0.3) is 10.0 Å². The van der Waals surface area contributed by atoms with E-state index < -0.39 is 10.0 Å². The number of halogens is 1. The molecule has 0 N–H and O–H groups in total. The van der Waals surface area contributed by atoms with Gasteiger partial charge in [-0.2, -0.15) is 8.42 Å². The zero-order valence-corrected chi connectivity index (χ0v) is 14.8. The smallest absolute Gasteiger partial charge is 0.232 e. The Morgan fingerprint density at radius 2 is 1.39 bits per heavy atom. The Labute approximate surface area is 147 Å². The Kier molecular flexibility index (Phi) is 3.65. The van der Waals surface area contributed by atoms with Crippen molar-refractivity contribution in [2.75, 3.05) is 4.31 Å². The second-order valence-electron chi connectivity index (χ2n) is 4.87. The number of anilines is 2. The molecule has 0 aliphatic carbocycles. The molecule has 0 radical (unpaired) electrons. The first-order chi connectivity index (χ1) is 11.1. The molecule has 7 heteroatoms. The summed E-state index contributed by atoms with van der Waals surface area (Å²) in [5.41, 5.74) is 1.33. The van der Waals surface area contributed by atoms with Gasteiger partial charge in [-0.05, 0) is 36.4 Å². The Balaban J connectivity index is 1.98. The van der Waals surface area contributed by atoms with Gasteiger partial charge in [-0.25, -0.2) is 4.31 Å².